The molecule has 0 aromatic carbocycles. The Kier molecular flexibility index (Phi) is 4.54. The van der Waals surface area contributed by atoms with Crippen molar-refractivity contribution in [2.45, 2.75) is 31.5 Å². The summed E-state index contributed by atoms with van der Waals surface area (Å²) in [4.78, 5) is 0. The molecule has 0 aromatic rings. The Hall–Kier alpha value is -0.420. The summed E-state index contributed by atoms with van der Waals surface area (Å²) in [6.45, 7) is 0.0663. The standard InChI is InChI=1S/C10H19NO3/c11-5-7-3-1-2-4-8(7)10(14)9(13)6-12/h4,7,9-10,12-14H,1-3,5-6,11H2. The number of hydrogen-bond acceptors (Lipinski definition) is 4. The van der Waals surface area contributed by atoms with Gasteiger partial charge in [-0.15, -0.1) is 0 Å². The molecule has 3 atom stereocenters. The lowest BCUT2D eigenvalue weighted by Gasteiger charge is -2.28. The van der Waals surface area contributed by atoms with Gasteiger partial charge in [0.1, 0.15) is 12.2 Å². The molecule has 14 heavy (non-hydrogen) atoms. The van der Waals surface area contributed by atoms with Crippen LogP contribution in [0.5, 0.6) is 0 Å². The lowest BCUT2D eigenvalue weighted by molar-refractivity contribution is -0.00105. The number of aliphatic hydroxyl groups is 3. The zero-order valence-electron chi connectivity index (χ0n) is 8.26. The van der Waals surface area contributed by atoms with E-state index in [9.17, 15) is 10.2 Å². The average Bonchev–Trinajstić information content (AvgIpc) is 2.26. The van der Waals surface area contributed by atoms with E-state index in [-0.39, 0.29) is 5.92 Å². The first-order valence-electron chi connectivity index (χ1n) is 5.07. The first-order valence-corrected chi connectivity index (χ1v) is 5.07. The van der Waals surface area contributed by atoms with Crippen LogP contribution in [0.25, 0.3) is 0 Å². The van der Waals surface area contributed by atoms with Crippen LogP contribution in [0.4, 0.5) is 0 Å². The summed E-state index contributed by atoms with van der Waals surface area (Å²) in [6, 6.07) is 0. The van der Waals surface area contributed by atoms with E-state index >= 15 is 0 Å². The largest absolute Gasteiger partial charge is 0.394 e. The molecule has 0 bridgehead atoms. The van der Waals surface area contributed by atoms with Crippen LogP contribution in [0, 0.1) is 5.92 Å². The molecule has 3 unspecified atom stereocenters. The van der Waals surface area contributed by atoms with Gasteiger partial charge in [-0.1, -0.05) is 6.08 Å². The van der Waals surface area contributed by atoms with Crippen LogP contribution < -0.4 is 5.73 Å². The molecule has 0 amide bonds. The van der Waals surface area contributed by atoms with Gasteiger partial charge in [-0.2, -0.15) is 0 Å². The van der Waals surface area contributed by atoms with Crippen LogP contribution in [0.3, 0.4) is 0 Å². The van der Waals surface area contributed by atoms with Crippen LogP contribution >= 0.6 is 0 Å². The molecular formula is C10H19NO3. The molecule has 0 heterocycles. The van der Waals surface area contributed by atoms with Crippen LogP contribution in [0.2, 0.25) is 0 Å². The van der Waals surface area contributed by atoms with Crippen molar-refractivity contribution in [3.05, 3.63) is 11.6 Å². The van der Waals surface area contributed by atoms with Crippen molar-refractivity contribution < 1.29 is 15.3 Å². The number of nitrogens with two attached hydrogens (primary N) is 1. The topological polar surface area (TPSA) is 86.7 Å². The van der Waals surface area contributed by atoms with Gasteiger partial charge in [0, 0.05) is 0 Å². The average molecular weight is 201 g/mol. The second-order valence-electron chi connectivity index (χ2n) is 3.76. The van der Waals surface area contributed by atoms with E-state index in [2.05, 4.69) is 0 Å². The Balaban J connectivity index is 2.67. The van der Waals surface area contributed by atoms with Gasteiger partial charge >= 0.3 is 0 Å². The summed E-state index contributed by atoms with van der Waals surface area (Å²) in [5.41, 5.74) is 6.37. The van der Waals surface area contributed by atoms with Crippen molar-refractivity contribution in [3.8, 4) is 0 Å². The van der Waals surface area contributed by atoms with Crippen molar-refractivity contribution >= 4 is 0 Å². The van der Waals surface area contributed by atoms with E-state index in [0.29, 0.717) is 6.54 Å². The van der Waals surface area contributed by atoms with Gasteiger partial charge in [0.05, 0.1) is 6.61 Å². The van der Waals surface area contributed by atoms with Crippen LogP contribution in [0.1, 0.15) is 19.3 Å². The molecule has 4 nitrogen and oxygen atoms in total. The first kappa shape index (κ1) is 11.7. The minimum Gasteiger partial charge on any atom is -0.394 e. The quantitative estimate of drug-likeness (QED) is 0.457. The van der Waals surface area contributed by atoms with Crippen molar-refractivity contribution in [2.75, 3.05) is 13.2 Å². The molecule has 1 aliphatic carbocycles. The fraction of sp³-hybridized carbons (Fsp3) is 0.800. The highest BCUT2D eigenvalue weighted by molar-refractivity contribution is 5.16. The summed E-state index contributed by atoms with van der Waals surface area (Å²) >= 11 is 0. The highest BCUT2D eigenvalue weighted by Gasteiger charge is 2.26. The van der Waals surface area contributed by atoms with E-state index < -0.39 is 18.8 Å². The zero-order valence-corrected chi connectivity index (χ0v) is 8.26. The molecule has 1 rings (SSSR count). The van der Waals surface area contributed by atoms with Crippen molar-refractivity contribution in [2.24, 2.45) is 11.7 Å². The molecule has 0 saturated heterocycles. The summed E-state index contributed by atoms with van der Waals surface area (Å²) in [7, 11) is 0. The van der Waals surface area contributed by atoms with Gasteiger partial charge < -0.3 is 21.1 Å². The van der Waals surface area contributed by atoms with Gasteiger partial charge in [-0.3, -0.25) is 0 Å². The Morgan fingerprint density at radius 3 is 2.79 bits per heavy atom. The van der Waals surface area contributed by atoms with E-state index in [0.717, 1.165) is 24.8 Å². The maximum Gasteiger partial charge on any atom is 0.107 e. The monoisotopic (exact) mass is 201 g/mol. The molecule has 4 heteroatoms. The molecule has 0 spiro atoms. The van der Waals surface area contributed by atoms with Gasteiger partial charge in [-0.25, -0.2) is 0 Å². The number of rotatable bonds is 4. The van der Waals surface area contributed by atoms with Crippen molar-refractivity contribution in [1.29, 1.82) is 0 Å². The highest BCUT2D eigenvalue weighted by Crippen LogP contribution is 2.27. The maximum atomic E-state index is 9.71. The van der Waals surface area contributed by atoms with Gasteiger partial charge in [0.15, 0.2) is 0 Å². The lowest BCUT2D eigenvalue weighted by atomic mass is 9.83. The Morgan fingerprint density at radius 1 is 1.50 bits per heavy atom. The van der Waals surface area contributed by atoms with Crippen LogP contribution in [0.15, 0.2) is 11.6 Å². The normalized spacial score (nSPS) is 26.9. The molecule has 0 aromatic heterocycles. The number of aliphatic hydroxyl groups excluding tert-OH is 3. The molecule has 0 fully saturated rings. The third-order valence-corrected chi connectivity index (χ3v) is 2.79. The fourth-order valence-corrected chi connectivity index (χ4v) is 1.90. The SMILES string of the molecule is NCC1CCCC=C1C(O)C(O)CO. The highest BCUT2D eigenvalue weighted by atomic mass is 16.4. The second kappa shape index (κ2) is 5.46. The predicted octanol–water partition coefficient (Wildman–Crippen LogP) is -0.614. The molecule has 82 valence electrons. The summed E-state index contributed by atoms with van der Waals surface area (Å²) in [6.07, 6.45) is 2.83. The molecule has 0 saturated carbocycles. The Bertz CT molecular complexity index is 206. The maximum absolute atomic E-state index is 9.71. The predicted molar refractivity (Wildman–Crippen MR) is 53.6 cm³/mol. The van der Waals surface area contributed by atoms with Crippen molar-refractivity contribution in [3.63, 3.8) is 0 Å². The van der Waals surface area contributed by atoms with E-state index in [1.165, 1.54) is 0 Å². The Morgan fingerprint density at radius 2 is 2.21 bits per heavy atom. The van der Waals surface area contributed by atoms with E-state index in [4.69, 9.17) is 10.8 Å². The molecule has 1 aliphatic rings. The molecule has 5 N–H and O–H groups in total. The summed E-state index contributed by atoms with van der Waals surface area (Å²) < 4.78 is 0. The molecule has 0 radical (unpaired) electrons. The third-order valence-electron chi connectivity index (χ3n) is 2.79. The molecule has 0 aliphatic heterocycles. The summed E-state index contributed by atoms with van der Waals surface area (Å²) in [5.74, 6) is 0.153. The van der Waals surface area contributed by atoms with Gasteiger partial charge in [0.2, 0.25) is 0 Å². The second-order valence-corrected chi connectivity index (χ2v) is 3.76. The molecular weight excluding hydrogens is 182 g/mol. The number of hydrogen-bond donors (Lipinski definition) is 4. The van der Waals surface area contributed by atoms with E-state index in [1.807, 2.05) is 6.08 Å². The number of allylic oxidation sites excluding steroid dienone is 1. The first-order chi connectivity index (χ1) is 6.70. The van der Waals surface area contributed by atoms with Gasteiger partial charge in [0.25, 0.3) is 0 Å². The van der Waals surface area contributed by atoms with E-state index in [1.54, 1.807) is 0 Å². The van der Waals surface area contributed by atoms with Crippen molar-refractivity contribution in [1.82, 2.24) is 0 Å². The third kappa shape index (κ3) is 2.54. The fourth-order valence-electron chi connectivity index (χ4n) is 1.90. The zero-order chi connectivity index (χ0) is 10.6. The minimum absolute atomic E-state index is 0.153. The lowest BCUT2D eigenvalue weighted by Crippen LogP contribution is -2.36. The smallest absolute Gasteiger partial charge is 0.107 e. The van der Waals surface area contributed by atoms with Crippen LogP contribution in [-0.4, -0.2) is 40.7 Å². The van der Waals surface area contributed by atoms with Gasteiger partial charge in [-0.05, 0) is 37.3 Å². The minimum atomic E-state index is -1.09. The Labute approximate surface area is 84.1 Å². The summed E-state index contributed by atoms with van der Waals surface area (Å²) in [5, 5.41) is 27.7. The van der Waals surface area contributed by atoms with Crippen LogP contribution in [-0.2, 0) is 0 Å².